The molecule has 0 aliphatic carbocycles. The van der Waals surface area contributed by atoms with E-state index in [1.54, 1.807) is 18.2 Å². The number of rotatable bonds is 9. The van der Waals surface area contributed by atoms with Crippen LogP contribution in [0.4, 0.5) is 0 Å². The fraction of sp³-hybridized carbons (Fsp3) is 0.179. The summed E-state index contributed by atoms with van der Waals surface area (Å²) in [6.07, 6.45) is 2.46. The lowest BCUT2D eigenvalue weighted by Crippen LogP contribution is -2.38. The number of hydrogen-bond donors (Lipinski definition) is 0. The molecule has 0 bridgehead atoms. The van der Waals surface area contributed by atoms with Crippen molar-refractivity contribution in [1.29, 1.82) is 0 Å². The molecule has 3 aromatic rings. The summed E-state index contributed by atoms with van der Waals surface area (Å²) in [6, 6.07) is 25.6. The summed E-state index contributed by atoms with van der Waals surface area (Å²) in [6.45, 7) is 2.65. The summed E-state index contributed by atoms with van der Waals surface area (Å²) in [5.41, 5.74) is 2.53. The smallest absolute Gasteiger partial charge is 0.333 e. The van der Waals surface area contributed by atoms with Crippen LogP contribution in [0.25, 0.3) is 6.08 Å². The molecule has 0 N–H and O–H groups in total. The van der Waals surface area contributed by atoms with Gasteiger partial charge in [0.2, 0.25) is 0 Å². The molecule has 0 spiro atoms. The number of esters is 1. The molecule has 1 heterocycles. The Kier molecular flexibility index (Phi) is 8.34. The minimum absolute atomic E-state index is 0.280. The quantitative estimate of drug-likeness (QED) is 0.198. The van der Waals surface area contributed by atoms with E-state index >= 15 is 0 Å². The van der Waals surface area contributed by atoms with E-state index in [2.05, 4.69) is 0 Å². The molecule has 5 nitrogen and oxygen atoms in total. The van der Waals surface area contributed by atoms with Gasteiger partial charge in [-0.25, -0.2) is 4.79 Å². The van der Waals surface area contributed by atoms with Gasteiger partial charge in [-0.2, -0.15) is 0 Å². The van der Waals surface area contributed by atoms with Gasteiger partial charge in [-0.3, -0.25) is 9.69 Å². The largest absolute Gasteiger partial charge is 0.489 e. The number of carbonyl (C=O) groups is 2. The summed E-state index contributed by atoms with van der Waals surface area (Å²) in [7, 11) is 0. The van der Waals surface area contributed by atoms with Crippen molar-refractivity contribution in [3.63, 3.8) is 0 Å². The van der Waals surface area contributed by atoms with Crippen LogP contribution < -0.4 is 4.74 Å². The molecule has 1 saturated heterocycles. The van der Waals surface area contributed by atoms with Crippen LogP contribution in [0.3, 0.4) is 0 Å². The Balaban J connectivity index is 1.55. The lowest BCUT2D eigenvalue weighted by Gasteiger charge is -2.25. The third-order valence-corrected chi connectivity index (χ3v) is 6.60. The average Bonchev–Trinajstić information content (AvgIpc) is 3.15. The van der Waals surface area contributed by atoms with E-state index in [-0.39, 0.29) is 12.5 Å². The Morgan fingerprint density at radius 3 is 2.46 bits per heavy atom. The monoisotopic (exact) mass is 503 g/mol. The highest BCUT2D eigenvalue weighted by molar-refractivity contribution is 8.26. The molecule has 1 atom stereocenters. The van der Waals surface area contributed by atoms with Crippen molar-refractivity contribution in [3.05, 3.63) is 107 Å². The second-order valence-corrected chi connectivity index (χ2v) is 9.55. The van der Waals surface area contributed by atoms with Crippen LogP contribution in [-0.2, 0) is 20.9 Å². The molecule has 1 aliphatic rings. The molecule has 7 heteroatoms. The van der Waals surface area contributed by atoms with Crippen LogP contribution in [0.15, 0.2) is 89.8 Å². The van der Waals surface area contributed by atoms with Crippen LogP contribution in [-0.4, -0.2) is 27.7 Å². The Labute approximate surface area is 214 Å². The number of thiocarbonyl (C=S) groups is 1. The summed E-state index contributed by atoms with van der Waals surface area (Å²) in [5, 5.41) is 0. The van der Waals surface area contributed by atoms with Gasteiger partial charge in [-0.1, -0.05) is 104 Å². The third-order valence-electron chi connectivity index (χ3n) is 5.27. The van der Waals surface area contributed by atoms with Crippen molar-refractivity contribution >= 4 is 46.3 Å². The number of amides is 1. The second-order valence-electron chi connectivity index (χ2n) is 7.88. The van der Waals surface area contributed by atoms with Gasteiger partial charge in [-0.15, -0.1) is 0 Å². The zero-order valence-corrected chi connectivity index (χ0v) is 20.9. The van der Waals surface area contributed by atoms with Crippen LogP contribution in [0, 0.1) is 0 Å². The van der Waals surface area contributed by atoms with Crippen molar-refractivity contribution in [2.24, 2.45) is 0 Å². The highest BCUT2D eigenvalue weighted by Gasteiger charge is 2.42. The summed E-state index contributed by atoms with van der Waals surface area (Å²) in [5.74, 6) is -0.117. The Morgan fingerprint density at radius 1 is 1.03 bits per heavy atom. The minimum Gasteiger partial charge on any atom is -0.489 e. The maximum absolute atomic E-state index is 13.4. The van der Waals surface area contributed by atoms with Gasteiger partial charge in [0.05, 0.1) is 11.5 Å². The van der Waals surface area contributed by atoms with Gasteiger partial charge in [-0.05, 0) is 41.3 Å². The van der Waals surface area contributed by atoms with Crippen molar-refractivity contribution in [2.75, 3.05) is 6.61 Å². The second kappa shape index (κ2) is 11.8. The Hall–Kier alpha value is -3.42. The van der Waals surface area contributed by atoms with Gasteiger partial charge in [0.25, 0.3) is 5.91 Å². The van der Waals surface area contributed by atoms with Crippen molar-refractivity contribution in [3.8, 4) is 5.75 Å². The van der Waals surface area contributed by atoms with Gasteiger partial charge >= 0.3 is 5.97 Å². The number of thioether (sulfide) groups is 1. The molecule has 3 aromatic carbocycles. The normalized spacial score (nSPS) is 15.3. The maximum Gasteiger partial charge on any atom is 0.333 e. The predicted octanol–water partition coefficient (Wildman–Crippen LogP) is 6.16. The molecule has 1 unspecified atom stereocenters. The number of ether oxygens (including phenoxy) is 2. The van der Waals surface area contributed by atoms with E-state index in [4.69, 9.17) is 21.7 Å². The average molecular weight is 504 g/mol. The minimum atomic E-state index is -0.929. The number of benzene rings is 3. The lowest BCUT2D eigenvalue weighted by molar-refractivity contribution is -0.151. The summed E-state index contributed by atoms with van der Waals surface area (Å²) >= 11 is 6.71. The molecule has 1 aliphatic heterocycles. The SMILES string of the molecule is CCCOC(=O)C(c1ccccc1)N1C(=O)/C(=C/c2cccc(OCc3ccccc3)c2)SC1=S. The van der Waals surface area contributed by atoms with E-state index in [0.717, 1.165) is 11.1 Å². The maximum atomic E-state index is 13.4. The third kappa shape index (κ3) is 6.18. The summed E-state index contributed by atoms with van der Waals surface area (Å²) in [4.78, 5) is 28.2. The van der Waals surface area contributed by atoms with Crippen LogP contribution >= 0.6 is 24.0 Å². The van der Waals surface area contributed by atoms with E-state index < -0.39 is 12.0 Å². The molecule has 35 heavy (non-hydrogen) atoms. The fourth-order valence-electron chi connectivity index (χ4n) is 3.60. The Morgan fingerprint density at radius 2 is 1.74 bits per heavy atom. The van der Waals surface area contributed by atoms with E-state index in [9.17, 15) is 9.59 Å². The first-order valence-electron chi connectivity index (χ1n) is 11.3. The van der Waals surface area contributed by atoms with Crippen molar-refractivity contribution < 1.29 is 19.1 Å². The Bertz CT molecular complexity index is 1230. The number of hydrogen-bond acceptors (Lipinski definition) is 6. The molecule has 1 fully saturated rings. The number of nitrogens with zero attached hydrogens (tertiary/aromatic N) is 1. The fourth-order valence-corrected chi connectivity index (χ4v) is 4.91. The predicted molar refractivity (Wildman–Crippen MR) is 143 cm³/mol. The molecular formula is C28H25NO4S2. The lowest BCUT2D eigenvalue weighted by atomic mass is 10.1. The summed E-state index contributed by atoms with van der Waals surface area (Å²) < 4.78 is 11.6. The topological polar surface area (TPSA) is 55.8 Å². The standard InChI is InChI=1S/C28H25NO4S2/c1-2-16-32-27(31)25(22-13-7-4-8-14-22)29-26(30)24(35-28(29)34)18-21-12-9-15-23(17-21)33-19-20-10-5-3-6-11-20/h3-15,17-18,25H,2,16,19H2,1H3/b24-18-. The van der Waals surface area contributed by atoms with Gasteiger partial charge in [0, 0.05) is 0 Å². The van der Waals surface area contributed by atoms with Crippen LogP contribution in [0.5, 0.6) is 5.75 Å². The molecule has 0 saturated carbocycles. The zero-order chi connectivity index (χ0) is 24.6. The highest BCUT2D eigenvalue weighted by Crippen LogP contribution is 2.39. The first-order chi connectivity index (χ1) is 17.1. The number of carbonyl (C=O) groups excluding carboxylic acids is 2. The van der Waals surface area contributed by atoms with Crippen molar-refractivity contribution in [2.45, 2.75) is 26.0 Å². The van der Waals surface area contributed by atoms with Gasteiger partial charge in [0.1, 0.15) is 16.7 Å². The zero-order valence-electron chi connectivity index (χ0n) is 19.3. The van der Waals surface area contributed by atoms with E-state index in [1.165, 1.54) is 16.7 Å². The van der Waals surface area contributed by atoms with E-state index in [0.29, 0.717) is 33.6 Å². The molecular weight excluding hydrogens is 478 g/mol. The van der Waals surface area contributed by atoms with Crippen molar-refractivity contribution in [1.82, 2.24) is 4.90 Å². The van der Waals surface area contributed by atoms with E-state index in [1.807, 2.05) is 79.7 Å². The highest BCUT2D eigenvalue weighted by atomic mass is 32.2. The molecule has 4 rings (SSSR count). The molecule has 0 radical (unpaired) electrons. The first kappa shape index (κ1) is 24.7. The van der Waals surface area contributed by atoms with Gasteiger partial charge in [0.15, 0.2) is 6.04 Å². The molecule has 1 amide bonds. The molecule has 0 aromatic heterocycles. The van der Waals surface area contributed by atoms with Crippen LogP contribution in [0.2, 0.25) is 0 Å². The van der Waals surface area contributed by atoms with Crippen LogP contribution in [0.1, 0.15) is 36.1 Å². The molecule has 178 valence electrons. The first-order valence-corrected chi connectivity index (χ1v) is 12.5. The van der Waals surface area contributed by atoms with Gasteiger partial charge < -0.3 is 9.47 Å².